The zero-order valence-electron chi connectivity index (χ0n) is 19.4. The first kappa shape index (κ1) is 23.9. The molecule has 0 bridgehead atoms. The predicted octanol–water partition coefficient (Wildman–Crippen LogP) is 6.02. The van der Waals surface area contributed by atoms with Crippen LogP contribution in [-0.4, -0.2) is 30.2 Å². The summed E-state index contributed by atoms with van der Waals surface area (Å²) < 4.78 is 33.5. The zero-order chi connectivity index (χ0) is 25.1. The lowest BCUT2D eigenvalue weighted by atomic mass is 10.2. The predicted molar refractivity (Wildman–Crippen MR) is 141 cm³/mol. The summed E-state index contributed by atoms with van der Waals surface area (Å²) in [7, 11) is -3.71. The quantitative estimate of drug-likeness (QED) is 0.272. The second kappa shape index (κ2) is 10.1. The summed E-state index contributed by atoms with van der Waals surface area (Å²) in [5, 5.41) is 5.99. The van der Waals surface area contributed by atoms with Gasteiger partial charge in [-0.25, -0.2) is 13.4 Å². The maximum Gasteiger partial charge on any atom is 0.257 e. The molecule has 0 aliphatic heterocycles. The second-order valence-corrected chi connectivity index (χ2v) is 10.9. The number of benzene rings is 3. The number of para-hydroxylation sites is 1. The largest absolute Gasteiger partial charge is 0.454 e. The number of carbonyl (C=O) groups is 1. The van der Waals surface area contributed by atoms with E-state index in [9.17, 15) is 13.2 Å². The minimum absolute atomic E-state index is 0.137. The summed E-state index contributed by atoms with van der Waals surface area (Å²) >= 11 is 1.29. The van der Waals surface area contributed by atoms with E-state index in [4.69, 9.17) is 4.42 Å². The number of thiazole rings is 1. The molecule has 0 unspecified atom stereocenters. The Morgan fingerprint density at radius 3 is 2.44 bits per heavy atom. The van der Waals surface area contributed by atoms with Gasteiger partial charge in [-0.1, -0.05) is 55.5 Å². The van der Waals surface area contributed by atoms with E-state index in [-0.39, 0.29) is 17.3 Å². The minimum atomic E-state index is -3.71. The van der Waals surface area contributed by atoms with Gasteiger partial charge in [-0.05, 0) is 42.0 Å². The molecule has 0 aliphatic carbocycles. The highest BCUT2D eigenvalue weighted by Gasteiger charge is 2.23. The van der Waals surface area contributed by atoms with E-state index in [0.29, 0.717) is 28.7 Å². The first-order valence-electron chi connectivity index (χ1n) is 11.3. The number of fused-ring (bicyclic) bond motifs is 1. The smallest absolute Gasteiger partial charge is 0.257 e. The Morgan fingerprint density at radius 2 is 1.72 bits per heavy atom. The van der Waals surface area contributed by atoms with Gasteiger partial charge in [-0.2, -0.15) is 4.31 Å². The van der Waals surface area contributed by atoms with Crippen molar-refractivity contribution >= 4 is 43.4 Å². The maximum absolute atomic E-state index is 13.2. The fourth-order valence-electron chi connectivity index (χ4n) is 3.80. The number of hydrogen-bond acceptors (Lipinski definition) is 6. The Hall–Kier alpha value is -3.79. The molecule has 5 aromatic rings. The van der Waals surface area contributed by atoms with Gasteiger partial charge >= 0.3 is 0 Å². The van der Waals surface area contributed by atoms with E-state index >= 15 is 0 Å². The molecule has 0 atom stereocenters. The third-order valence-corrected chi connectivity index (χ3v) is 8.40. The maximum atomic E-state index is 13.2. The van der Waals surface area contributed by atoms with E-state index in [1.807, 2.05) is 66.0 Å². The van der Waals surface area contributed by atoms with Crippen molar-refractivity contribution in [1.82, 2.24) is 9.29 Å². The van der Waals surface area contributed by atoms with Crippen LogP contribution in [0.4, 0.5) is 5.13 Å². The third-order valence-electron chi connectivity index (χ3n) is 5.71. The van der Waals surface area contributed by atoms with Crippen molar-refractivity contribution in [3.05, 3.63) is 101 Å². The molecule has 0 saturated carbocycles. The molecular formula is C27H23N3O4S2. The van der Waals surface area contributed by atoms with Crippen LogP contribution in [0.5, 0.6) is 0 Å². The van der Waals surface area contributed by atoms with Crippen LogP contribution in [0.2, 0.25) is 0 Å². The fraction of sp³-hybridized carbons (Fsp3) is 0.111. The highest BCUT2D eigenvalue weighted by atomic mass is 32.2. The number of nitrogens with zero attached hydrogens (tertiary/aromatic N) is 2. The van der Waals surface area contributed by atoms with Crippen LogP contribution in [0.3, 0.4) is 0 Å². The van der Waals surface area contributed by atoms with Crippen LogP contribution in [0.15, 0.2) is 99.6 Å². The average Bonchev–Trinajstić information content (AvgIpc) is 3.55. The molecule has 182 valence electrons. The third kappa shape index (κ3) is 4.94. The number of anilines is 1. The normalized spacial score (nSPS) is 11.7. The molecule has 1 N–H and O–H groups in total. The lowest BCUT2D eigenvalue weighted by molar-refractivity contribution is 0.102. The molecule has 0 aliphatic rings. The van der Waals surface area contributed by atoms with Crippen LogP contribution in [0, 0.1) is 0 Å². The van der Waals surface area contributed by atoms with Gasteiger partial charge in [-0.3, -0.25) is 10.1 Å². The molecule has 2 heterocycles. The van der Waals surface area contributed by atoms with E-state index < -0.39 is 10.0 Å². The van der Waals surface area contributed by atoms with E-state index in [0.717, 1.165) is 16.5 Å². The van der Waals surface area contributed by atoms with E-state index in [2.05, 4.69) is 10.3 Å². The van der Waals surface area contributed by atoms with Gasteiger partial charge in [-0.15, -0.1) is 11.3 Å². The number of aromatic nitrogens is 1. The van der Waals surface area contributed by atoms with E-state index in [1.165, 1.54) is 39.9 Å². The SMILES string of the molecule is CCN(Cc1ccccc1)S(=O)(=O)c1ccc(C(=O)Nc2nc(-c3cc4ccccc4o3)cs2)cc1. The molecule has 0 spiro atoms. The Morgan fingerprint density at radius 1 is 1.00 bits per heavy atom. The van der Waals surface area contributed by atoms with Crippen LogP contribution in [0.1, 0.15) is 22.8 Å². The molecule has 5 rings (SSSR count). The van der Waals surface area contributed by atoms with Gasteiger partial charge in [0.1, 0.15) is 11.3 Å². The van der Waals surface area contributed by atoms with Crippen molar-refractivity contribution in [2.24, 2.45) is 0 Å². The standard InChI is InChI=1S/C27H23N3O4S2/c1-2-30(17-19-8-4-3-5-9-19)36(32,33)22-14-12-20(13-15-22)26(31)29-27-28-23(18-35-27)25-16-21-10-6-7-11-24(21)34-25/h3-16,18H,2,17H2,1H3,(H,28,29,31). The van der Waals surface area contributed by atoms with Crippen LogP contribution < -0.4 is 5.32 Å². The van der Waals surface area contributed by atoms with E-state index in [1.54, 1.807) is 6.92 Å². The second-order valence-electron chi connectivity index (χ2n) is 8.08. The summed E-state index contributed by atoms with van der Waals surface area (Å²) in [5.41, 5.74) is 2.64. The summed E-state index contributed by atoms with van der Waals surface area (Å²) in [5.74, 6) is 0.250. The number of furan rings is 1. The first-order chi connectivity index (χ1) is 17.4. The van der Waals surface area contributed by atoms with Gasteiger partial charge in [0.05, 0.1) is 4.90 Å². The van der Waals surface area contributed by atoms with Crippen molar-refractivity contribution in [3.8, 4) is 11.5 Å². The molecule has 1 amide bonds. The lowest BCUT2D eigenvalue weighted by Gasteiger charge is -2.20. The van der Waals surface area contributed by atoms with Gasteiger partial charge in [0.25, 0.3) is 5.91 Å². The highest BCUT2D eigenvalue weighted by Crippen LogP contribution is 2.30. The fourth-order valence-corrected chi connectivity index (χ4v) is 5.93. The van der Waals surface area contributed by atoms with Crippen molar-refractivity contribution in [3.63, 3.8) is 0 Å². The number of sulfonamides is 1. The van der Waals surface area contributed by atoms with Crippen LogP contribution in [0.25, 0.3) is 22.4 Å². The van der Waals surface area contributed by atoms with Crippen LogP contribution in [-0.2, 0) is 16.6 Å². The van der Waals surface area contributed by atoms with Crippen molar-refractivity contribution < 1.29 is 17.6 Å². The van der Waals surface area contributed by atoms with Gasteiger partial charge in [0.2, 0.25) is 10.0 Å². The zero-order valence-corrected chi connectivity index (χ0v) is 21.1. The van der Waals surface area contributed by atoms with Gasteiger partial charge < -0.3 is 4.42 Å². The molecule has 9 heteroatoms. The van der Waals surface area contributed by atoms with Crippen LogP contribution >= 0.6 is 11.3 Å². The number of hydrogen-bond donors (Lipinski definition) is 1. The molecule has 2 aromatic heterocycles. The van der Waals surface area contributed by atoms with Gasteiger partial charge in [0.15, 0.2) is 10.9 Å². The van der Waals surface area contributed by atoms with Crippen molar-refractivity contribution in [2.75, 3.05) is 11.9 Å². The Balaban J connectivity index is 1.28. The molecule has 3 aromatic carbocycles. The highest BCUT2D eigenvalue weighted by molar-refractivity contribution is 7.89. The summed E-state index contributed by atoms with van der Waals surface area (Å²) in [6.45, 7) is 2.41. The summed E-state index contributed by atoms with van der Waals surface area (Å²) in [6.07, 6.45) is 0. The first-order valence-corrected chi connectivity index (χ1v) is 13.7. The lowest BCUT2D eigenvalue weighted by Crippen LogP contribution is -2.30. The molecular weight excluding hydrogens is 494 g/mol. The Kier molecular flexibility index (Phi) is 6.69. The van der Waals surface area contributed by atoms with Crippen molar-refractivity contribution in [2.45, 2.75) is 18.4 Å². The topological polar surface area (TPSA) is 92.5 Å². The number of nitrogens with one attached hydrogen (secondary N) is 1. The molecule has 0 radical (unpaired) electrons. The summed E-state index contributed by atoms with van der Waals surface area (Å²) in [4.78, 5) is 17.4. The molecule has 0 fully saturated rings. The number of carbonyl (C=O) groups excluding carboxylic acids is 1. The minimum Gasteiger partial charge on any atom is -0.454 e. The average molecular weight is 518 g/mol. The molecule has 36 heavy (non-hydrogen) atoms. The van der Waals surface area contributed by atoms with Crippen molar-refractivity contribution in [1.29, 1.82) is 0 Å². The van der Waals surface area contributed by atoms with Gasteiger partial charge in [0, 0.05) is 29.4 Å². The number of amides is 1. The molecule has 0 saturated heterocycles. The molecule has 7 nitrogen and oxygen atoms in total. The monoisotopic (exact) mass is 517 g/mol. The summed E-state index contributed by atoms with van der Waals surface area (Å²) in [6, 6.07) is 25.0. The Labute approximate surface area is 213 Å². The number of rotatable bonds is 8. The Bertz CT molecular complexity index is 1570.